The molecule has 198 valence electrons. The van der Waals surface area contributed by atoms with Crippen LogP contribution in [0.2, 0.25) is 0 Å². The highest BCUT2D eigenvalue weighted by Gasteiger charge is 2.48. The maximum absolute atomic E-state index is 13.9. The molecule has 4 aromatic rings. The summed E-state index contributed by atoms with van der Waals surface area (Å²) in [5.74, 6) is 2.10. The van der Waals surface area contributed by atoms with Crippen molar-refractivity contribution in [1.82, 2.24) is 29.6 Å². The number of aliphatic hydroxyl groups excluding tert-OH is 1. The summed E-state index contributed by atoms with van der Waals surface area (Å²) < 4.78 is 3.86. The maximum Gasteiger partial charge on any atom is 0.279 e. The summed E-state index contributed by atoms with van der Waals surface area (Å²) in [5, 5.41) is 23.1. The SMILES string of the molecule is CC1CC(c2cccc(-n3cc(C4CC4)c4cc(CNC5(CO)CCC5)[nH]c4c3=O)c2)(c2nncn2C)C1. The van der Waals surface area contributed by atoms with Crippen LogP contribution in [0.15, 0.2) is 47.7 Å². The Kier molecular flexibility index (Phi) is 5.43. The molecule has 0 aliphatic heterocycles. The average Bonchev–Trinajstić information content (AvgIpc) is 3.48. The molecule has 0 amide bonds. The van der Waals surface area contributed by atoms with Gasteiger partial charge in [-0.1, -0.05) is 19.1 Å². The van der Waals surface area contributed by atoms with Crippen molar-refractivity contribution < 1.29 is 5.11 Å². The Balaban J connectivity index is 1.29. The van der Waals surface area contributed by atoms with Gasteiger partial charge in [0.25, 0.3) is 5.56 Å². The number of aromatic nitrogens is 5. The van der Waals surface area contributed by atoms with Gasteiger partial charge in [0, 0.05) is 42.1 Å². The van der Waals surface area contributed by atoms with Crippen molar-refractivity contribution in [1.29, 1.82) is 0 Å². The second kappa shape index (κ2) is 8.64. The zero-order valence-corrected chi connectivity index (χ0v) is 22.2. The minimum absolute atomic E-state index is 0.0250. The molecule has 8 nitrogen and oxygen atoms in total. The van der Waals surface area contributed by atoms with Crippen molar-refractivity contribution in [2.75, 3.05) is 6.61 Å². The van der Waals surface area contributed by atoms with E-state index < -0.39 is 0 Å². The van der Waals surface area contributed by atoms with E-state index in [4.69, 9.17) is 0 Å². The van der Waals surface area contributed by atoms with Gasteiger partial charge in [-0.3, -0.25) is 9.36 Å². The lowest BCUT2D eigenvalue weighted by molar-refractivity contribution is 0.0869. The first-order valence-electron chi connectivity index (χ1n) is 14.0. The van der Waals surface area contributed by atoms with Crippen molar-refractivity contribution in [3.05, 3.63) is 75.9 Å². The number of benzene rings is 1. The van der Waals surface area contributed by atoms with E-state index in [1.54, 1.807) is 6.33 Å². The number of rotatable bonds is 8. The topological polar surface area (TPSA) is 101 Å². The number of nitrogens with zero attached hydrogens (tertiary/aromatic N) is 4. The van der Waals surface area contributed by atoms with E-state index in [9.17, 15) is 9.90 Å². The first-order valence-corrected chi connectivity index (χ1v) is 14.0. The lowest BCUT2D eigenvalue weighted by atomic mass is 9.58. The van der Waals surface area contributed by atoms with Gasteiger partial charge in [0.05, 0.1) is 12.0 Å². The molecule has 3 aromatic heterocycles. The van der Waals surface area contributed by atoms with Gasteiger partial charge in [-0.05, 0) is 86.1 Å². The third-order valence-corrected chi connectivity index (χ3v) is 9.38. The van der Waals surface area contributed by atoms with Crippen LogP contribution in [0.25, 0.3) is 16.6 Å². The van der Waals surface area contributed by atoms with Gasteiger partial charge >= 0.3 is 0 Å². The van der Waals surface area contributed by atoms with E-state index in [0.29, 0.717) is 23.9 Å². The zero-order chi connectivity index (χ0) is 26.1. The fourth-order valence-electron chi connectivity index (χ4n) is 6.93. The predicted octanol–water partition coefficient (Wildman–Crippen LogP) is 4.05. The van der Waals surface area contributed by atoms with Crippen molar-refractivity contribution in [3.63, 3.8) is 0 Å². The molecule has 7 rings (SSSR count). The standard InChI is InChI=1S/C30H36N6O2/c1-19-13-30(14-19,28-34-32-18-35(28)2)21-5-3-6-23(11-21)36-16-25(20-7-8-20)24-12-22(33-26(24)27(36)38)15-31-29(17-37)9-4-10-29/h3,5-6,11-12,16,18-20,31,33,37H,4,7-10,13-15,17H2,1-2H3. The first kappa shape index (κ1) is 23.9. The van der Waals surface area contributed by atoms with Crippen LogP contribution in [0.4, 0.5) is 0 Å². The third kappa shape index (κ3) is 3.68. The lowest BCUT2D eigenvalue weighted by Crippen LogP contribution is -2.53. The van der Waals surface area contributed by atoms with Gasteiger partial charge in [-0.15, -0.1) is 10.2 Å². The molecular weight excluding hydrogens is 476 g/mol. The molecule has 8 heteroatoms. The Morgan fingerprint density at radius 2 is 2.03 bits per heavy atom. The molecule has 38 heavy (non-hydrogen) atoms. The number of aliphatic hydroxyl groups is 1. The third-order valence-electron chi connectivity index (χ3n) is 9.38. The molecule has 0 atom stereocenters. The van der Waals surface area contributed by atoms with Gasteiger partial charge in [0.15, 0.2) is 0 Å². The molecular formula is C30H36N6O2. The molecule has 0 bridgehead atoms. The Morgan fingerprint density at radius 1 is 1.21 bits per heavy atom. The normalized spacial score (nSPS) is 24.3. The quantitative estimate of drug-likeness (QED) is 0.331. The Labute approximate surface area is 222 Å². The maximum atomic E-state index is 13.9. The largest absolute Gasteiger partial charge is 0.394 e. The van der Waals surface area contributed by atoms with E-state index >= 15 is 0 Å². The van der Waals surface area contributed by atoms with Crippen molar-refractivity contribution >= 4 is 10.9 Å². The van der Waals surface area contributed by atoms with Gasteiger partial charge in [0.1, 0.15) is 17.7 Å². The van der Waals surface area contributed by atoms with Crippen LogP contribution in [0.3, 0.4) is 0 Å². The van der Waals surface area contributed by atoms with Crippen LogP contribution >= 0.6 is 0 Å². The average molecular weight is 513 g/mol. The van der Waals surface area contributed by atoms with Crippen LogP contribution in [-0.2, 0) is 19.0 Å². The summed E-state index contributed by atoms with van der Waals surface area (Å²) in [4.78, 5) is 17.3. The second-order valence-electron chi connectivity index (χ2n) is 12.2. The summed E-state index contributed by atoms with van der Waals surface area (Å²) in [6.45, 7) is 3.05. The molecule has 3 aliphatic rings. The molecule has 3 N–H and O–H groups in total. The first-order chi connectivity index (χ1) is 18.4. The lowest BCUT2D eigenvalue weighted by Gasteiger charge is -2.46. The Bertz CT molecular complexity index is 1560. The second-order valence-corrected chi connectivity index (χ2v) is 12.2. The Morgan fingerprint density at radius 3 is 2.66 bits per heavy atom. The number of H-pyrrole nitrogens is 1. The summed E-state index contributed by atoms with van der Waals surface area (Å²) in [6, 6.07) is 10.6. The highest BCUT2D eigenvalue weighted by Crippen LogP contribution is 2.51. The van der Waals surface area contributed by atoms with E-state index in [1.165, 1.54) is 11.1 Å². The van der Waals surface area contributed by atoms with Crippen molar-refractivity contribution in [2.45, 2.75) is 75.3 Å². The fourth-order valence-corrected chi connectivity index (χ4v) is 6.93. The highest BCUT2D eigenvalue weighted by atomic mass is 16.3. The minimum atomic E-state index is -0.177. The summed E-state index contributed by atoms with van der Waals surface area (Å²) in [7, 11) is 2.01. The number of nitrogens with one attached hydrogen (secondary N) is 2. The minimum Gasteiger partial charge on any atom is -0.394 e. The molecule has 3 heterocycles. The molecule has 0 unspecified atom stereocenters. The van der Waals surface area contributed by atoms with E-state index in [2.05, 4.69) is 57.9 Å². The molecule has 1 aromatic carbocycles. The summed E-state index contributed by atoms with van der Waals surface area (Å²) in [5.41, 5.74) is 4.61. The predicted molar refractivity (Wildman–Crippen MR) is 147 cm³/mol. The van der Waals surface area contributed by atoms with Gasteiger partial charge < -0.3 is 20.0 Å². The van der Waals surface area contributed by atoms with Crippen molar-refractivity contribution in [3.8, 4) is 5.69 Å². The van der Waals surface area contributed by atoms with Gasteiger partial charge in [-0.2, -0.15) is 0 Å². The smallest absolute Gasteiger partial charge is 0.279 e. The molecule has 0 spiro atoms. The van der Waals surface area contributed by atoms with Crippen LogP contribution in [0, 0.1) is 5.92 Å². The fraction of sp³-hybridized carbons (Fsp3) is 0.500. The molecule has 3 saturated carbocycles. The van der Waals surface area contributed by atoms with Crippen LogP contribution in [0.1, 0.15) is 80.4 Å². The number of aryl methyl sites for hydroxylation is 1. The number of hydrogen-bond donors (Lipinski definition) is 3. The van der Waals surface area contributed by atoms with E-state index in [1.807, 2.05) is 22.2 Å². The van der Waals surface area contributed by atoms with E-state index in [-0.39, 0.29) is 23.1 Å². The van der Waals surface area contributed by atoms with Crippen molar-refractivity contribution in [2.24, 2.45) is 13.0 Å². The zero-order valence-electron chi connectivity index (χ0n) is 22.2. The monoisotopic (exact) mass is 512 g/mol. The number of pyridine rings is 1. The molecule has 3 aliphatic carbocycles. The summed E-state index contributed by atoms with van der Waals surface area (Å²) >= 11 is 0. The van der Waals surface area contributed by atoms with Crippen LogP contribution < -0.4 is 10.9 Å². The van der Waals surface area contributed by atoms with Gasteiger partial charge in [-0.25, -0.2) is 0 Å². The molecule has 3 fully saturated rings. The molecule has 0 saturated heterocycles. The highest BCUT2D eigenvalue weighted by molar-refractivity contribution is 5.84. The molecule has 0 radical (unpaired) electrons. The van der Waals surface area contributed by atoms with Crippen LogP contribution in [0.5, 0.6) is 0 Å². The van der Waals surface area contributed by atoms with E-state index in [0.717, 1.165) is 67.5 Å². The Hall–Kier alpha value is -3.23. The summed E-state index contributed by atoms with van der Waals surface area (Å²) in [6.07, 6.45) is 11.3. The van der Waals surface area contributed by atoms with Crippen LogP contribution in [-0.4, -0.2) is 41.6 Å². The number of aromatic amines is 1. The number of fused-ring (bicyclic) bond motifs is 1. The van der Waals surface area contributed by atoms with Gasteiger partial charge in [0.2, 0.25) is 0 Å². The number of hydrogen-bond acceptors (Lipinski definition) is 5.